The van der Waals surface area contributed by atoms with Crippen molar-refractivity contribution in [3.63, 3.8) is 0 Å². The van der Waals surface area contributed by atoms with Crippen molar-refractivity contribution in [2.45, 2.75) is 33.1 Å². The van der Waals surface area contributed by atoms with Crippen LogP contribution in [0, 0.1) is 5.41 Å². The number of azo groups is 1. The summed E-state index contributed by atoms with van der Waals surface area (Å²) in [4.78, 5) is 4.15. The monoisotopic (exact) mass is 247 g/mol. The molecule has 6 nitrogen and oxygen atoms in total. The topological polar surface area (TPSA) is 91.5 Å². The molecule has 0 fully saturated rings. The number of rotatable bonds is 6. The number of aliphatic imine (C=N–C) groups is 1. The minimum atomic E-state index is -3.83. The van der Waals surface area contributed by atoms with E-state index in [1.807, 2.05) is 13.8 Å². The molecule has 1 aliphatic rings. The van der Waals surface area contributed by atoms with Crippen LogP contribution < -0.4 is 0 Å². The van der Waals surface area contributed by atoms with Crippen LogP contribution in [0.15, 0.2) is 15.2 Å². The van der Waals surface area contributed by atoms with E-state index in [0.29, 0.717) is 19.5 Å². The Balaban J connectivity index is 2.34. The van der Waals surface area contributed by atoms with Crippen molar-refractivity contribution in [2.75, 3.05) is 12.4 Å². The smallest absolute Gasteiger partial charge is 0.264 e. The SMILES string of the molecule is CC(C)(CCCCS(=O)(=O)O)C1=NCN=N1. The van der Waals surface area contributed by atoms with E-state index in [1.54, 1.807) is 0 Å². The summed E-state index contributed by atoms with van der Waals surface area (Å²) in [5.74, 6) is 0.538. The molecule has 0 aromatic heterocycles. The summed E-state index contributed by atoms with van der Waals surface area (Å²) in [5, 5.41) is 7.73. The number of hydrogen-bond acceptors (Lipinski definition) is 5. The summed E-state index contributed by atoms with van der Waals surface area (Å²) < 4.78 is 29.6. The molecule has 0 aliphatic carbocycles. The number of unbranched alkanes of at least 4 members (excludes halogenated alkanes) is 1. The van der Waals surface area contributed by atoms with Gasteiger partial charge in [0.15, 0.2) is 12.5 Å². The minimum Gasteiger partial charge on any atom is -0.286 e. The fourth-order valence-corrected chi connectivity index (χ4v) is 2.11. The fourth-order valence-electron chi connectivity index (χ4n) is 1.54. The third-order valence-electron chi connectivity index (χ3n) is 2.51. The van der Waals surface area contributed by atoms with Crippen LogP contribution in [0.3, 0.4) is 0 Å². The second-order valence-corrected chi connectivity index (χ2v) is 6.06. The lowest BCUT2D eigenvalue weighted by Crippen LogP contribution is -2.21. The highest BCUT2D eigenvalue weighted by Gasteiger charge is 2.26. The molecule has 92 valence electrons. The molecular formula is C9H17N3O3S. The van der Waals surface area contributed by atoms with E-state index < -0.39 is 10.1 Å². The normalized spacial score (nSPS) is 16.6. The van der Waals surface area contributed by atoms with Crippen molar-refractivity contribution in [1.29, 1.82) is 0 Å². The molecule has 1 N–H and O–H groups in total. The van der Waals surface area contributed by atoms with E-state index in [1.165, 1.54) is 0 Å². The standard InChI is InChI=1S/C9H17N3O3S/c1-9(2,8-10-7-11-12-8)5-3-4-6-16(13,14)15/h3-7H2,1-2H3,(H,13,14,15). The molecule has 0 spiro atoms. The first-order chi connectivity index (χ1) is 7.31. The van der Waals surface area contributed by atoms with Gasteiger partial charge in [0.1, 0.15) is 0 Å². The van der Waals surface area contributed by atoms with Crippen molar-refractivity contribution >= 4 is 16.0 Å². The predicted molar refractivity (Wildman–Crippen MR) is 61.2 cm³/mol. The van der Waals surface area contributed by atoms with E-state index in [-0.39, 0.29) is 11.2 Å². The average molecular weight is 247 g/mol. The molecule has 0 saturated carbocycles. The summed E-state index contributed by atoms with van der Waals surface area (Å²) in [7, 11) is -3.83. The molecule has 0 amide bonds. The summed E-state index contributed by atoms with van der Waals surface area (Å²) in [6.07, 6.45) is 1.94. The lowest BCUT2D eigenvalue weighted by atomic mass is 9.86. The van der Waals surface area contributed by atoms with Crippen LogP contribution in [-0.2, 0) is 10.1 Å². The van der Waals surface area contributed by atoms with Gasteiger partial charge in [-0.1, -0.05) is 20.3 Å². The van der Waals surface area contributed by atoms with Crippen molar-refractivity contribution in [1.82, 2.24) is 0 Å². The van der Waals surface area contributed by atoms with E-state index in [9.17, 15) is 8.42 Å². The van der Waals surface area contributed by atoms with E-state index >= 15 is 0 Å². The summed E-state index contributed by atoms with van der Waals surface area (Å²) in [6.45, 7) is 4.40. The van der Waals surface area contributed by atoms with E-state index in [2.05, 4.69) is 15.2 Å². The molecule has 1 aliphatic heterocycles. The predicted octanol–water partition coefficient (Wildman–Crippen LogP) is 1.89. The number of nitrogens with zero attached hydrogens (tertiary/aromatic N) is 3. The Bertz CT molecular complexity index is 398. The molecule has 0 radical (unpaired) electrons. The Morgan fingerprint density at radius 1 is 1.38 bits per heavy atom. The van der Waals surface area contributed by atoms with Crippen molar-refractivity contribution in [3.8, 4) is 0 Å². The largest absolute Gasteiger partial charge is 0.286 e. The van der Waals surface area contributed by atoms with Gasteiger partial charge in [0, 0.05) is 5.41 Å². The maximum Gasteiger partial charge on any atom is 0.264 e. The molecule has 0 unspecified atom stereocenters. The Kier molecular flexibility index (Phi) is 4.15. The molecule has 16 heavy (non-hydrogen) atoms. The quantitative estimate of drug-likeness (QED) is 0.574. The molecule has 0 aromatic carbocycles. The van der Waals surface area contributed by atoms with Gasteiger partial charge >= 0.3 is 0 Å². The Labute approximate surface area is 95.6 Å². The van der Waals surface area contributed by atoms with Crippen LogP contribution in [0.2, 0.25) is 0 Å². The lowest BCUT2D eigenvalue weighted by molar-refractivity contribution is 0.442. The maximum atomic E-state index is 10.5. The Hall–Kier alpha value is -0.820. The Morgan fingerprint density at radius 3 is 2.56 bits per heavy atom. The van der Waals surface area contributed by atoms with Crippen LogP contribution in [0.4, 0.5) is 0 Å². The first-order valence-electron chi connectivity index (χ1n) is 5.19. The number of hydrogen-bond donors (Lipinski definition) is 1. The average Bonchev–Trinajstić information content (AvgIpc) is 2.64. The summed E-state index contributed by atoms with van der Waals surface area (Å²) >= 11 is 0. The highest BCUT2D eigenvalue weighted by Crippen LogP contribution is 2.27. The molecule has 0 atom stereocenters. The second kappa shape index (κ2) is 5.01. The van der Waals surface area contributed by atoms with Gasteiger partial charge in [0.25, 0.3) is 10.1 Å². The maximum absolute atomic E-state index is 10.5. The summed E-state index contributed by atoms with van der Waals surface area (Å²) in [5.41, 5.74) is -0.181. The third kappa shape index (κ3) is 4.36. The highest BCUT2D eigenvalue weighted by molar-refractivity contribution is 7.85. The van der Waals surface area contributed by atoms with Crippen molar-refractivity contribution in [2.24, 2.45) is 20.6 Å². The van der Waals surface area contributed by atoms with Crippen LogP contribution >= 0.6 is 0 Å². The zero-order valence-electron chi connectivity index (χ0n) is 9.55. The van der Waals surface area contributed by atoms with Gasteiger partial charge in [0.05, 0.1) is 5.75 Å². The van der Waals surface area contributed by atoms with Gasteiger partial charge in [-0.05, 0) is 12.8 Å². The zero-order valence-corrected chi connectivity index (χ0v) is 10.4. The minimum absolute atomic E-state index is 0.181. The highest BCUT2D eigenvalue weighted by atomic mass is 32.2. The van der Waals surface area contributed by atoms with Crippen molar-refractivity contribution < 1.29 is 13.0 Å². The first-order valence-corrected chi connectivity index (χ1v) is 6.80. The summed E-state index contributed by atoms with van der Waals surface area (Å²) in [6, 6.07) is 0. The molecular weight excluding hydrogens is 230 g/mol. The van der Waals surface area contributed by atoms with Gasteiger partial charge in [-0.3, -0.25) is 4.55 Å². The van der Waals surface area contributed by atoms with Gasteiger partial charge in [-0.15, -0.1) is 5.11 Å². The zero-order chi connectivity index (χ0) is 12.2. The van der Waals surface area contributed by atoms with Crippen LogP contribution in [0.25, 0.3) is 0 Å². The molecule has 0 aromatic rings. The Morgan fingerprint density at radius 2 is 2.06 bits per heavy atom. The lowest BCUT2D eigenvalue weighted by Gasteiger charge is -2.21. The third-order valence-corrected chi connectivity index (χ3v) is 3.31. The van der Waals surface area contributed by atoms with Gasteiger partial charge in [-0.2, -0.15) is 13.5 Å². The van der Waals surface area contributed by atoms with Crippen LogP contribution in [0.5, 0.6) is 0 Å². The van der Waals surface area contributed by atoms with E-state index in [4.69, 9.17) is 4.55 Å². The van der Waals surface area contributed by atoms with Gasteiger partial charge < -0.3 is 0 Å². The van der Waals surface area contributed by atoms with Crippen LogP contribution in [-0.4, -0.2) is 31.2 Å². The molecule has 0 bridgehead atoms. The molecule has 1 heterocycles. The molecule has 0 saturated heterocycles. The van der Waals surface area contributed by atoms with Crippen LogP contribution in [0.1, 0.15) is 33.1 Å². The van der Waals surface area contributed by atoms with Gasteiger partial charge in [0.2, 0.25) is 0 Å². The second-order valence-electron chi connectivity index (χ2n) is 4.49. The molecule has 1 rings (SSSR count). The van der Waals surface area contributed by atoms with E-state index in [0.717, 1.165) is 12.3 Å². The fraction of sp³-hybridized carbons (Fsp3) is 0.889. The number of amidine groups is 1. The van der Waals surface area contributed by atoms with Gasteiger partial charge in [-0.25, -0.2) is 4.99 Å². The molecule has 7 heteroatoms. The first kappa shape index (κ1) is 13.2. The van der Waals surface area contributed by atoms with Crippen molar-refractivity contribution in [3.05, 3.63) is 0 Å².